The number of rotatable bonds is 6. The van der Waals surface area contributed by atoms with E-state index in [0.717, 1.165) is 45.2 Å². The maximum Gasteiger partial charge on any atom is 0.337 e. The van der Waals surface area contributed by atoms with Crippen molar-refractivity contribution >= 4 is 35.8 Å². The highest BCUT2D eigenvalue weighted by Gasteiger charge is 2.29. The summed E-state index contributed by atoms with van der Waals surface area (Å²) in [5.74, 6) is -0.689. The molecule has 0 aliphatic carbocycles. The van der Waals surface area contributed by atoms with Gasteiger partial charge in [0.15, 0.2) is 5.78 Å². The lowest BCUT2D eigenvalue weighted by atomic mass is 9.88. The maximum absolute atomic E-state index is 12.9. The summed E-state index contributed by atoms with van der Waals surface area (Å²) < 4.78 is 0. The number of carboxylic acids is 1. The van der Waals surface area contributed by atoms with Crippen molar-refractivity contribution in [3.8, 4) is 0 Å². The van der Waals surface area contributed by atoms with Gasteiger partial charge >= 0.3 is 5.97 Å². The van der Waals surface area contributed by atoms with E-state index in [1.165, 1.54) is 18.2 Å². The van der Waals surface area contributed by atoms with Crippen molar-refractivity contribution in [1.82, 2.24) is 10.2 Å². The van der Waals surface area contributed by atoms with Gasteiger partial charge in [0.1, 0.15) is 0 Å². The molecule has 0 spiro atoms. The van der Waals surface area contributed by atoms with E-state index in [-0.39, 0.29) is 41.3 Å². The number of hydrogen-bond donors (Lipinski definition) is 3. The lowest BCUT2D eigenvalue weighted by Crippen LogP contribution is -2.42. The fourth-order valence-corrected chi connectivity index (χ4v) is 4.22. The summed E-state index contributed by atoms with van der Waals surface area (Å²) in [6.07, 6.45) is 5.26. The molecule has 7 nitrogen and oxygen atoms in total. The van der Waals surface area contributed by atoms with Crippen LogP contribution in [0.25, 0.3) is 0 Å². The molecule has 2 saturated heterocycles. The summed E-state index contributed by atoms with van der Waals surface area (Å²) in [4.78, 5) is 38.4. The first-order valence-electron chi connectivity index (χ1n) is 10.1. The number of carbonyl (C=O) groups is 3. The fourth-order valence-electron chi connectivity index (χ4n) is 4.22. The summed E-state index contributed by atoms with van der Waals surface area (Å²) in [6.45, 7) is 3.20. The highest BCUT2D eigenvalue weighted by Crippen LogP contribution is 2.25. The van der Waals surface area contributed by atoms with E-state index in [1.807, 2.05) is 4.90 Å². The molecule has 0 saturated carbocycles. The largest absolute Gasteiger partial charge is 0.478 e. The van der Waals surface area contributed by atoms with E-state index in [1.54, 1.807) is 0 Å². The second-order valence-electron chi connectivity index (χ2n) is 7.88. The van der Waals surface area contributed by atoms with Crippen molar-refractivity contribution in [2.24, 2.45) is 11.8 Å². The first-order valence-corrected chi connectivity index (χ1v) is 10.1. The smallest absolute Gasteiger partial charge is 0.337 e. The lowest BCUT2D eigenvalue weighted by Gasteiger charge is -2.33. The number of nitrogens with one attached hydrogen (secondary N) is 1. The Labute approximate surface area is 177 Å². The van der Waals surface area contributed by atoms with Crippen molar-refractivity contribution in [3.05, 3.63) is 29.3 Å². The average molecular weight is 424 g/mol. The molecule has 160 valence electrons. The van der Waals surface area contributed by atoms with E-state index in [0.29, 0.717) is 31.0 Å². The Morgan fingerprint density at radius 3 is 2.55 bits per heavy atom. The van der Waals surface area contributed by atoms with Crippen LogP contribution in [0.3, 0.4) is 0 Å². The van der Waals surface area contributed by atoms with Crippen molar-refractivity contribution in [1.29, 1.82) is 0 Å². The van der Waals surface area contributed by atoms with Crippen molar-refractivity contribution in [2.45, 2.75) is 38.5 Å². The third-order valence-corrected chi connectivity index (χ3v) is 5.94. The van der Waals surface area contributed by atoms with Crippen LogP contribution in [-0.2, 0) is 4.79 Å². The number of amides is 1. The number of carbonyl (C=O) groups excluding carboxylic acids is 2. The Kier molecular flexibility index (Phi) is 8.46. The zero-order chi connectivity index (χ0) is 20.1. The van der Waals surface area contributed by atoms with Crippen molar-refractivity contribution in [2.75, 3.05) is 31.9 Å². The van der Waals surface area contributed by atoms with E-state index in [4.69, 9.17) is 10.8 Å². The first kappa shape index (κ1) is 23.2. The number of likely N-dealkylation sites (tertiary alicyclic amines) is 1. The van der Waals surface area contributed by atoms with Crippen LogP contribution in [0.5, 0.6) is 0 Å². The maximum atomic E-state index is 12.9. The Bertz CT molecular complexity index is 749. The van der Waals surface area contributed by atoms with Crippen molar-refractivity contribution < 1.29 is 19.5 Å². The third-order valence-electron chi connectivity index (χ3n) is 5.94. The number of benzene rings is 1. The lowest BCUT2D eigenvalue weighted by molar-refractivity contribution is -0.133. The van der Waals surface area contributed by atoms with Crippen LogP contribution in [0.4, 0.5) is 5.69 Å². The van der Waals surface area contributed by atoms with Crippen LogP contribution in [-0.4, -0.2) is 53.8 Å². The second kappa shape index (κ2) is 10.6. The monoisotopic (exact) mass is 423 g/mol. The highest BCUT2D eigenvalue weighted by atomic mass is 35.5. The molecule has 1 aromatic carbocycles. The minimum atomic E-state index is -1.11. The molecular weight excluding hydrogens is 394 g/mol. The Balaban J connectivity index is 0.00000300. The van der Waals surface area contributed by atoms with Gasteiger partial charge in [0.05, 0.1) is 5.56 Å². The van der Waals surface area contributed by atoms with E-state index < -0.39 is 5.97 Å². The summed E-state index contributed by atoms with van der Waals surface area (Å²) in [5, 5.41) is 12.4. The van der Waals surface area contributed by atoms with Gasteiger partial charge in [0, 0.05) is 36.7 Å². The zero-order valence-corrected chi connectivity index (χ0v) is 17.4. The summed E-state index contributed by atoms with van der Waals surface area (Å²) >= 11 is 0. The average Bonchev–Trinajstić information content (AvgIpc) is 2.72. The molecule has 2 heterocycles. The molecule has 2 fully saturated rings. The Morgan fingerprint density at radius 1 is 1.17 bits per heavy atom. The number of halogens is 1. The van der Waals surface area contributed by atoms with Crippen LogP contribution < -0.4 is 11.1 Å². The minimum absolute atomic E-state index is 0. The molecule has 0 unspecified atom stereocenters. The quantitative estimate of drug-likeness (QED) is 0.478. The molecule has 29 heavy (non-hydrogen) atoms. The molecule has 0 aromatic heterocycles. The molecule has 1 amide bonds. The normalized spacial score (nSPS) is 20.0. The van der Waals surface area contributed by atoms with Gasteiger partial charge in [-0.15, -0.1) is 12.4 Å². The molecule has 0 radical (unpaired) electrons. The SMILES string of the molecule is Cl.Nc1cc(C(=O)[C@@H]2CCCN(C(=O)CCC3CCNCC3)C2)ccc1C(=O)O. The Hall–Kier alpha value is -2.12. The van der Waals surface area contributed by atoms with Gasteiger partial charge in [-0.05, 0) is 63.2 Å². The van der Waals surface area contributed by atoms with Gasteiger partial charge in [-0.3, -0.25) is 9.59 Å². The molecule has 1 atom stereocenters. The number of hydrogen-bond acceptors (Lipinski definition) is 5. The topological polar surface area (TPSA) is 113 Å². The fraction of sp³-hybridized carbons (Fsp3) is 0.571. The van der Waals surface area contributed by atoms with Crippen LogP contribution in [0, 0.1) is 11.8 Å². The highest BCUT2D eigenvalue weighted by molar-refractivity contribution is 6.01. The number of ketones is 1. The van der Waals surface area contributed by atoms with E-state index in [2.05, 4.69) is 5.32 Å². The van der Waals surface area contributed by atoms with Crippen LogP contribution >= 0.6 is 12.4 Å². The second-order valence-corrected chi connectivity index (χ2v) is 7.88. The van der Waals surface area contributed by atoms with Gasteiger partial charge < -0.3 is 21.1 Å². The van der Waals surface area contributed by atoms with Gasteiger partial charge in [-0.1, -0.05) is 6.07 Å². The van der Waals surface area contributed by atoms with Crippen LogP contribution in [0.2, 0.25) is 0 Å². The molecule has 2 aliphatic rings. The van der Waals surface area contributed by atoms with Gasteiger partial charge in [-0.25, -0.2) is 4.79 Å². The number of nitrogens with two attached hydrogens (primary N) is 1. The number of nitrogens with zero attached hydrogens (tertiary/aromatic N) is 1. The molecule has 3 rings (SSSR count). The predicted molar refractivity (Wildman–Crippen MR) is 114 cm³/mol. The minimum Gasteiger partial charge on any atom is -0.478 e. The molecule has 8 heteroatoms. The van der Waals surface area contributed by atoms with Gasteiger partial charge in [0.25, 0.3) is 0 Å². The van der Waals surface area contributed by atoms with Crippen LogP contribution in [0.1, 0.15) is 59.2 Å². The van der Waals surface area contributed by atoms with Gasteiger partial charge in [0.2, 0.25) is 5.91 Å². The number of piperidine rings is 2. The first-order chi connectivity index (χ1) is 13.5. The van der Waals surface area contributed by atoms with E-state index in [9.17, 15) is 14.4 Å². The molecule has 2 aliphatic heterocycles. The predicted octanol–water partition coefficient (Wildman–Crippen LogP) is 2.59. The summed E-state index contributed by atoms with van der Waals surface area (Å²) in [5.41, 5.74) is 6.27. The summed E-state index contributed by atoms with van der Waals surface area (Å²) in [7, 11) is 0. The number of aromatic carboxylic acids is 1. The Morgan fingerprint density at radius 2 is 1.90 bits per heavy atom. The molecule has 1 aromatic rings. The number of carboxylic acid groups (broad SMARTS) is 1. The van der Waals surface area contributed by atoms with Crippen molar-refractivity contribution in [3.63, 3.8) is 0 Å². The zero-order valence-electron chi connectivity index (χ0n) is 16.6. The standard InChI is InChI=1S/C21H29N3O4.ClH/c22-18-12-15(4-5-17(18)21(27)28)20(26)16-2-1-11-24(13-16)19(25)6-3-14-7-9-23-10-8-14;/h4-5,12,14,16,23H,1-3,6-11,13,22H2,(H,27,28);1H/t16-;/m1./s1. The molecule has 0 bridgehead atoms. The van der Waals surface area contributed by atoms with E-state index >= 15 is 0 Å². The van der Waals surface area contributed by atoms with Crippen LogP contribution in [0.15, 0.2) is 18.2 Å². The van der Waals surface area contributed by atoms with Gasteiger partial charge in [-0.2, -0.15) is 0 Å². The molecule has 4 N–H and O–H groups in total. The molecular formula is C21H30ClN3O4. The number of nitrogen functional groups attached to an aromatic ring is 1. The number of anilines is 1. The third kappa shape index (κ3) is 5.93. The summed E-state index contributed by atoms with van der Waals surface area (Å²) in [6, 6.07) is 4.32. The number of Topliss-reactive ketones (excluding diaryl/α,β-unsaturated/α-hetero) is 1.